The van der Waals surface area contributed by atoms with Gasteiger partial charge >= 0.3 is 0 Å². The number of fused-ring (bicyclic) bond motifs is 1. The Morgan fingerprint density at radius 2 is 1.81 bits per heavy atom. The van der Waals surface area contributed by atoms with E-state index in [2.05, 4.69) is 25.3 Å². The zero-order valence-electron chi connectivity index (χ0n) is 16.4. The molecule has 0 saturated heterocycles. The number of nitrogens with zero attached hydrogens (tertiary/aromatic N) is 5. The van der Waals surface area contributed by atoms with E-state index in [1.165, 1.54) is 23.0 Å². The van der Waals surface area contributed by atoms with Crippen LogP contribution in [-0.2, 0) is 16.4 Å². The summed E-state index contributed by atoms with van der Waals surface area (Å²) in [5, 5.41) is 2.98. The molecule has 0 atom stereocenters. The number of hydrogen-bond acceptors (Lipinski definition) is 8. The average molecular weight is 457 g/mol. The number of aromatic nitrogens is 5. The second kappa shape index (κ2) is 8.40. The van der Waals surface area contributed by atoms with E-state index < -0.39 is 15.4 Å². The third-order valence-corrected chi connectivity index (χ3v) is 6.46. The number of anilines is 1. The fourth-order valence-corrected chi connectivity index (χ4v) is 3.88. The molecule has 11 heteroatoms. The monoisotopic (exact) mass is 456 g/mol. The Bertz CT molecular complexity index is 1410. The molecule has 0 aliphatic heterocycles. The third kappa shape index (κ3) is 4.25. The summed E-state index contributed by atoms with van der Waals surface area (Å²) in [6, 6.07) is 12.1. The summed E-state index contributed by atoms with van der Waals surface area (Å²) in [6.07, 6.45) is 2.75. The number of para-hydroxylation sites is 1. The molecule has 0 aliphatic rings. The van der Waals surface area contributed by atoms with Crippen molar-refractivity contribution < 1.29 is 8.42 Å². The van der Waals surface area contributed by atoms with Gasteiger partial charge in [0.15, 0.2) is 21.3 Å². The number of benzene rings is 1. The number of sulfone groups is 1. The standard InChI is InChI=1S/C20H17ClN6O3S/c1-2-31(29,30)15-9-8-13(22-11-15)10-23-17-19(28)27(14-6-4-3-5-7-14)18-16(25-17)12-24-20(21)26-18/h3-9,11-12H,2,10H2,1H3,(H,23,25). The van der Waals surface area contributed by atoms with Crippen molar-refractivity contribution in [3.05, 3.63) is 76.2 Å². The van der Waals surface area contributed by atoms with Crippen LogP contribution < -0.4 is 10.9 Å². The van der Waals surface area contributed by atoms with Crippen molar-refractivity contribution in [3.8, 4) is 5.69 Å². The second-order valence-electron chi connectivity index (χ2n) is 6.53. The third-order valence-electron chi connectivity index (χ3n) is 4.56. The first kappa shape index (κ1) is 20.9. The van der Waals surface area contributed by atoms with Crippen molar-refractivity contribution in [1.82, 2.24) is 24.5 Å². The van der Waals surface area contributed by atoms with Gasteiger partial charge in [-0.05, 0) is 35.9 Å². The van der Waals surface area contributed by atoms with Gasteiger partial charge in [0.05, 0.1) is 34.8 Å². The fourth-order valence-electron chi connectivity index (χ4n) is 2.93. The normalized spacial score (nSPS) is 11.5. The lowest BCUT2D eigenvalue weighted by Gasteiger charge is -2.12. The van der Waals surface area contributed by atoms with Crippen molar-refractivity contribution in [1.29, 1.82) is 0 Å². The first-order chi connectivity index (χ1) is 14.9. The molecule has 0 bridgehead atoms. The Morgan fingerprint density at radius 1 is 1.03 bits per heavy atom. The molecule has 4 aromatic rings. The number of pyridine rings is 1. The molecule has 3 heterocycles. The molecular weight excluding hydrogens is 440 g/mol. The Kier molecular flexibility index (Phi) is 5.66. The molecule has 31 heavy (non-hydrogen) atoms. The number of rotatable bonds is 6. The van der Waals surface area contributed by atoms with Crippen LogP contribution in [0.15, 0.2) is 64.5 Å². The molecule has 0 unspecified atom stereocenters. The Hall–Kier alpha value is -3.37. The number of halogens is 1. The van der Waals surface area contributed by atoms with Crippen LogP contribution in [0.5, 0.6) is 0 Å². The Morgan fingerprint density at radius 3 is 2.48 bits per heavy atom. The molecule has 9 nitrogen and oxygen atoms in total. The van der Waals surface area contributed by atoms with Gasteiger partial charge in [0.25, 0.3) is 5.56 Å². The van der Waals surface area contributed by atoms with Gasteiger partial charge < -0.3 is 5.32 Å². The molecule has 1 aromatic carbocycles. The molecule has 158 valence electrons. The Labute approximate surface area is 182 Å². The van der Waals surface area contributed by atoms with Crippen molar-refractivity contribution >= 4 is 38.4 Å². The van der Waals surface area contributed by atoms with Gasteiger partial charge in [-0.1, -0.05) is 25.1 Å². The predicted molar refractivity (Wildman–Crippen MR) is 117 cm³/mol. The smallest absolute Gasteiger partial charge is 0.299 e. The lowest BCUT2D eigenvalue weighted by molar-refractivity contribution is 0.596. The molecule has 0 amide bonds. The summed E-state index contributed by atoms with van der Waals surface area (Å²) in [6.45, 7) is 1.74. The maximum atomic E-state index is 13.2. The van der Waals surface area contributed by atoms with E-state index in [1.807, 2.05) is 6.07 Å². The summed E-state index contributed by atoms with van der Waals surface area (Å²) in [5.74, 6) is 0.0765. The summed E-state index contributed by atoms with van der Waals surface area (Å²) < 4.78 is 25.3. The van der Waals surface area contributed by atoms with Gasteiger partial charge in [-0.15, -0.1) is 0 Å². The van der Waals surface area contributed by atoms with Gasteiger partial charge in [0, 0.05) is 6.20 Å². The summed E-state index contributed by atoms with van der Waals surface area (Å²) >= 11 is 5.93. The van der Waals surface area contributed by atoms with Gasteiger partial charge in [0.2, 0.25) is 5.28 Å². The van der Waals surface area contributed by atoms with Crippen LogP contribution in [0, 0.1) is 0 Å². The highest BCUT2D eigenvalue weighted by Crippen LogP contribution is 2.17. The lowest BCUT2D eigenvalue weighted by Crippen LogP contribution is -2.25. The van der Waals surface area contributed by atoms with Crippen molar-refractivity contribution in [3.63, 3.8) is 0 Å². The van der Waals surface area contributed by atoms with Crippen LogP contribution in [0.4, 0.5) is 5.82 Å². The largest absolute Gasteiger partial charge is 0.360 e. The highest BCUT2D eigenvalue weighted by Gasteiger charge is 2.15. The van der Waals surface area contributed by atoms with E-state index in [0.717, 1.165) is 0 Å². The van der Waals surface area contributed by atoms with E-state index in [-0.39, 0.29) is 33.9 Å². The first-order valence-corrected chi connectivity index (χ1v) is 11.3. The van der Waals surface area contributed by atoms with Crippen LogP contribution in [0.3, 0.4) is 0 Å². The molecule has 0 aliphatic carbocycles. The van der Waals surface area contributed by atoms with Crippen molar-refractivity contribution in [2.24, 2.45) is 0 Å². The van der Waals surface area contributed by atoms with Gasteiger partial charge in [-0.25, -0.2) is 18.4 Å². The minimum Gasteiger partial charge on any atom is -0.360 e. The van der Waals surface area contributed by atoms with E-state index in [9.17, 15) is 13.2 Å². The van der Waals surface area contributed by atoms with Crippen molar-refractivity contribution in [2.75, 3.05) is 11.1 Å². The maximum absolute atomic E-state index is 13.2. The summed E-state index contributed by atoms with van der Waals surface area (Å²) in [5.41, 5.74) is 1.40. The SMILES string of the molecule is CCS(=O)(=O)c1ccc(CNc2nc3cnc(Cl)nc3n(-c3ccccc3)c2=O)nc1. The van der Waals surface area contributed by atoms with E-state index in [0.29, 0.717) is 16.9 Å². The summed E-state index contributed by atoms with van der Waals surface area (Å²) in [7, 11) is -3.33. The van der Waals surface area contributed by atoms with Crippen LogP contribution in [0.2, 0.25) is 5.28 Å². The molecule has 3 aromatic heterocycles. The average Bonchev–Trinajstić information content (AvgIpc) is 2.79. The molecule has 0 fully saturated rings. The topological polar surface area (TPSA) is 120 Å². The quantitative estimate of drug-likeness (QED) is 0.439. The second-order valence-corrected chi connectivity index (χ2v) is 9.14. The van der Waals surface area contributed by atoms with E-state index >= 15 is 0 Å². The predicted octanol–water partition coefficient (Wildman–Crippen LogP) is 2.63. The molecule has 0 spiro atoms. The molecule has 0 saturated carbocycles. The zero-order chi connectivity index (χ0) is 22.0. The molecular formula is C20H17ClN6O3S. The van der Waals surface area contributed by atoms with Crippen LogP contribution in [0.1, 0.15) is 12.6 Å². The highest BCUT2D eigenvalue weighted by atomic mass is 35.5. The van der Waals surface area contributed by atoms with Gasteiger partial charge in [-0.2, -0.15) is 4.98 Å². The maximum Gasteiger partial charge on any atom is 0.299 e. The van der Waals surface area contributed by atoms with Crippen molar-refractivity contribution in [2.45, 2.75) is 18.4 Å². The molecule has 1 N–H and O–H groups in total. The number of nitrogens with one attached hydrogen (secondary N) is 1. The zero-order valence-corrected chi connectivity index (χ0v) is 17.9. The molecule has 4 rings (SSSR count). The van der Waals surface area contributed by atoms with Gasteiger partial charge in [-0.3, -0.25) is 14.3 Å². The minimum atomic E-state index is -3.33. The van der Waals surface area contributed by atoms with E-state index in [1.54, 1.807) is 37.3 Å². The molecule has 0 radical (unpaired) electrons. The van der Waals surface area contributed by atoms with Crippen LogP contribution in [-0.4, -0.2) is 38.7 Å². The van der Waals surface area contributed by atoms with E-state index in [4.69, 9.17) is 11.6 Å². The number of hydrogen-bond donors (Lipinski definition) is 1. The van der Waals surface area contributed by atoms with Crippen LogP contribution >= 0.6 is 11.6 Å². The lowest BCUT2D eigenvalue weighted by atomic mass is 10.3. The highest BCUT2D eigenvalue weighted by molar-refractivity contribution is 7.91. The first-order valence-electron chi connectivity index (χ1n) is 9.31. The minimum absolute atomic E-state index is 0.00159. The van der Waals surface area contributed by atoms with Crippen LogP contribution in [0.25, 0.3) is 16.9 Å². The van der Waals surface area contributed by atoms with Gasteiger partial charge in [0.1, 0.15) is 5.52 Å². The Balaban J connectivity index is 1.71. The summed E-state index contributed by atoms with van der Waals surface area (Å²) in [4.78, 5) is 30.0. The fraction of sp³-hybridized carbons (Fsp3) is 0.150.